The molecule has 1 heterocycles. The Kier molecular flexibility index (Phi) is 4.19. The molecule has 0 unspecified atom stereocenters. The van der Waals surface area contributed by atoms with Crippen LogP contribution in [0.2, 0.25) is 0 Å². The topological polar surface area (TPSA) is 87.1 Å². The number of rotatable bonds is 5. The number of benzene rings is 2. The zero-order valence-corrected chi connectivity index (χ0v) is 15.1. The molecule has 28 heavy (non-hydrogen) atoms. The van der Waals surface area contributed by atoms with Crippen molar-refractivity contribution in [2.45, 2.75) is 18.4 Å². The molecular weight excluding hydrogens is 358 g/mol. The first-order chi connectivity index (χ1) is 13.5. The number of fused-ring (bicyclic) bond motifs is 1. The lowest BCUT2D eigenvalue weighted by Crippen LogP contribution is -2.39. The Morgan fingerprint density at radius 3 is 2.43 bits per heavy atom. The van der Waals surface area contributed by atoms with E-state index in [9.17, 15) is 19.8 Å². The first kappa shape index (κ1) is 17.9. The van der Waals surface area contributed by atoms with Crippen molar-refractivity contribution in [2.75, 3.05) is 6.54 Å². The fourth-order valence-electron chi connectivity index (χ4n) is 3.73. The third-order valence-electron chi connectivity index (χ3n) is 5.28. The summed E-state index contributed by atoms with van der Waals surface area (Å²) in [5, 5.41) is 20.2. The van der Waals surface area contributed by atoms with Gasteiger partial charge in [-0.3, -0.25) is 4.90 Å². The second-order valence-corrected chi connectivity index (χ2v) is 6.90. The van der Waals surface area contributed by atoms with Crippen molar-refractivity contribution >= 4 is 23.4 Å². The Bertz CT molecular complexity index is 1000. The van der Waals surface area contributed by atoms with Gasteiger partial charge in [-0.1, -0.05) is 48.5 Å². The number of hydrogen-bond acceptors (Lipinski definition) is 4. The second-order valence-electron chi connectivity index (χ2n) is 6.90. The van der Waals surface area contributed by atoms with E-state index in [0.29, 0.717) is 16.9 Å². The normalized spacial score (nSPS) is 18.1. The summed E-state index contributed by atoms with van der Waals surface area (Å²) in [6.07, 6.45) is 2.05. The number of carbonyl (C=O) groups excluding carboxylic acids is 1. The van der Waals surface area contributed by atoms with Crippen LogP contribution in [-0.2, 0) is 10.3 Å². The fourth-order valence-corrected chi connectivity index (χ4v) is 3.73. The molecule has 1 saturated carbocycles. The number of aliphatic hydroxyl groups is 1. The molecule has 0 bridgehead atoms. The molecule has 2 aromatic carbocycles. The summed E-state index contributed by atoms with van der Waals surface area (Å²) in [6, 6.07) is 13.9. The first-order valence-electron chi connectivity index (χ1n) is 8.95. The van der Waals surface area contributed by atoms with Crippen LogP contribution in [0.15, 0.2) is 61.2 Å². The summed E-state index contributed by atoms with van der Waals surface area (Å²) >= 11 is 0. The average molecular weight is 377 g/mol. The highest BCUT2D eigenvalue weighted by Crippen LogP contribution is 2.51. The number of para-hydroxylation sites is 1. The molecule has 0 atom stereocenters. The highest BCUT2D eigenvalue weighted by molar-refractivity contribution is 6.27. The number of aliphatic hydroxyl groups excluding tert-OH is 1. The van der Waals surface area contributed by atoms with E-state index in [1.807, 2.05) is 0 Å². The van der Waals surface area contributed by atoms with Crippen molar-refractivity contribution in [1.82, 2.24) is 4.90 Å². The van der Waals surface area contributed by atoms with Gasteiger partial charge in [0, 0.05) is 17.7 Å². The van der Waals surface area contributed by atoms with Crippen LogP contribution >= 0.6 is 0 Å². The zero-order valence-electron chi connectivity index (χ0n) is 15.1. The number of nitrogens with zero attached hydrogens (tertiary/aromatic N) is 1. The summed E-state index contributed by atoms with van der Waals surface area (Å²) in [4.78, 5) is 25.2. The Balaban J connectivity index is 1.69. The van der Waals surface area contributed by atoms with Crippen LogP contribution in [0, 0.1) is 0 Å². The third-order valence-corrected chi connectivity index (χ3v) is 5.28. The molecule has 2 N–H and O–H groups in total. The number of ether oxygens (including phenoxy) is 1. The van der Waals surface area contributed by atoms with Gasteiger partial charge in [0.2, 0.25) is 0 Å². The Hall–Kier alpha value is -3.54. The predicted octanol–water partition coefficient (Wildman–Crippen LogP) is 4.19. The maximum Gasteiger partial charge on any atom is 0.408 e. The van der Waals surface area contributed by atoms with E-state index in [1.54, 1.807) is 54.6 Å². The minimum atomic E-state index is -0.989. The zero-order chi connectivity index (χ0) is 19.9. The van der Waals surface area contributed by atoms with Gasteiger partial charge in [-0.05, 0) is 24.5 Å². The van der Waals surface area contributed by atoms with Gasteiger partial charge >= 0.3 is 12.1 Å². The Morgan fingerprint density at radius 2 is 1.82 bits per heavy atom. The molecule has 1 aliphatic heterocycles. The highest BCUT2D eigenvalue weighted by atomic mass is 16.5. The lowest BCUT2D eigenvalue weighted by Gasteiger charge is -2.29. The second kappa shape index (κ2) is 6.56. The van der Waals surface area contributed by atoms with Crippen LogP contribution in [0.3, 0.4) is 0 Å². The number of amides is 1. The lowest BCUT2D eigenvalue weighted by atomic mass is 9.98. The van der Waals surface area contributed by atoms with E-state index >= 15 is 0 Å². The minimum absolute atomic E-state index is 0.128. The van der Waals surface area contributed by atoms with Crippen LogP contribution in [-0.4, -0.2) is 33.7 Å². The summed E-state index contributed by atoms with van der Waals surface area (Å²) < 4.78 is 5.20. The van der Waals surface area contributed by atoms with Crippen molar-refractivity contribution in [3.05, 3.63) is 77.9 Å². The van der Waals surface area contributed by atoms with Crippen LogP contribution < -0.4 is 4.74 Å². The van der Waals surface area contributed by atoms with Crippen molar-refractivity contribution in [1.29, 1.82) is 0 Å². The molecule has 1 fully saturated rings. The average Bonchev–Trinajstić information content (AvgIpc) is 3.42. The monoisotopic (exact) mass is 377 g/mol. The molecule has 0 aromatic heterocycles. The van der Waals surface area contributed by atoms with Crippen LogP contribution in [0.5, 0.6) is 5.75 Å². The number of carboxylic acid groups (broad SMARTS) is 1. The van der Waals surface area contributed by atoms with E-state index in [0.717, 1.165) is 18.4 Å². The smallest absolute Gasteiger partial charge is 0.408 e. The molecule has 0 spiro atoms. The quantitative estimate of drug-likeness (QED) is 0.268. The molecule has 1 aliphatic carbocycles. The summed E-state index contributed by atoms with van der Waals surface area (Å²) in [7, 11) is 0. The lowest BCUT2D eigenvalue weighted by molar-refractivity contribution is -0.127. The van der Waals surface area contributed by atoms with Gasteiger partial charge in [0.1, 0.15) is 17.1 Å². The van der Waals surface area contributed by atoms with Gasteiger partial charge < -0.3 is 14.9 Å². The first-order valence-corrected chi connectivity index (χ1v) is 8.95. The SMILES string of the molecule is C=CCN(C(=O)O)C1(c2ccc(/C(O)=C3/C(=O)Oc4ccccc43)cc2)CC1. The third kappa shape index (κ3) is 2.74. The fraction of sp³-hybridized carbons (Fsp3) is 0.182. The van der Waals surface area contributed by atoms with E-state index in [4.69, 9.17) is 4.74 Å². The standard InChI is InChI=1S/C22H19NO5/c1-2-13-23(21(26)27)22(11-12-22)15-9-7-14(8-10-15)19(24)18-16-5-3-4-6-17(16)28-20(18)25/h2-10,24H,1,11-13H2,(H,26,27)/b19-18-. The van der Waals surface area contributed by atoms with E-state index in [-0.39, 0.29) is 17.9 Å². The van der Waals surface area contributed by atoms with Crippen molar-refractivity contribution in [3.63, 3.8) is 0 Å². The van der Waals surface area contributed by atoms with Gasteiger partial charge in [0.25, 0.3) is 0 Å². The number of carbonyl (C=O) groups is 2. The largest absolute Gasteiger partial charge is 0.506 e. The molecule has 0 saturated heterocycles. The van der Waals surface area contributed by atoms with E-state index in [2.05, 4.69) is 6.58 Å². The van der Waals surface area contributed by atoms with E-state index in [1.165, 1.54) is 4.90 Å². The predicted molar refractivity (Wildman–Crippen MR) is 104 cm³/mol. The maximum atomic E-state index is 12.2. The Labute approximate surface area is 162 Å². The Morgan fingerprint density at radius 1 is 1.14 bits per heavy atom. The van der Waals surface area contributed by atoms with Gasteiger partial charge in [-0.2, -0.15) is 0 Å². The molecule has 2 aliphatic rings. The maximum absolute atomic E-state index is 12.2. The molecule has 2 aromatic rings. The highest BCUT2D eigenvalue weighted by Gasteiger charge is 2.51. The summed E-state index contributed by atoms with van der Waals surface area (Å²) in [5.41, 5.74) is 1.45. The van der Waals surface area contributed by atoms with Crippen LogP contribution in [0.4, 0.5) is 4.79 Å². The number of hydrogen-bond donors (Lipinski definition) is 2. The molecule has 6 heteroatoms. The number of esters is 1. The molecule has 0 radical (unpaired) electrons. The van der Waals surface area contributed by atoms with Crippen LogP contribution in [0.25, 0.3) is 11.3 Å². The van der Waals surface area contributed by atoms with E-state index < -0.39 is 17.6 Å². The molecule has 4 rings (SSSR count). The van der Waals surface area contributed by atoms with Gasteiger partial charge in [-0.25, -0.2) is 9.59 Å². The molecule has 142 valence electrons. The van der Waals surface area contributed by atoms with Crippen LogP contribution in [0.1, 0.15) is 29.5 Å². The van der Waals surface area contributed by atoms with Crippen molar-refractivity contribution in [3.8, 4) is 5.75 Å². The van der Waals surface area contributed by atoms with Gasteiger partial charge in [0.15, 0.2) is 0 Å². The summed E-state index contributed by atoms with van der Waals surface area (Å²) in [6.45, 7) is 3.88. The summed E-state index contributed by atoms with van der Waals surface area (Å²) in [5.74, 6) is -0.332. The molecular formula is C22H19NO5. The van der Waals surface area contributed by atoms with Gasteiger partial charge in [-0.15, -0.1) is 6.58 Å². The van der Waals surface area contributed by atoms with Gasteiger partial charge in [0.05, 0.1) is 5.54 Å². The van der Waals surface area contributed by atoms with Crippen molar-refractivity contribution < 1.29 is 24.5 Å². The molecule has 1 amide bonds. The molecule has 6 nitrogen and oxygen atoms in total. The minimum Gasteiger partial charge on any atom is -0.506 e. The van der Waals surface area contributed by atoms with Crippen molar-refractivity contribution in [2.24, 2.45) is 0 Å².